The van der Waals surface area contributed by atoms with Crippen molar-refractivity contribution in [3.8, 4) is 0 Å². The number of pyridine rings is 1. The van der Waals surface area contributed by atoms with Gasteiger partial charge in [0.2, 0.25) is 0 Å². The molecule has 2 aromatic rings. The van der Waals surface area contributed by atoms with Crippen molar-refractivity contribution in [2.75, 3.05) is 62.3 Å². The average molecular weight is 333 g/mol. The molecule has 1 aromatic heterocycles. The van der Waals surface area contributed by atoms with Crippen LogP contribution >= 0.6 is 11.6 Å². The Kier molecular flexibility index (Phi) is 4.25. The maximum Gasteiger partial charge on any atom is 0.148 e. The van der Waals surface area contributed by atoms with E-state index >= 15 is 0 Å². The quantitative estimate of drug-likeness (QED) is 0.912. The number of rotatable bonds is 2. The van der Waals surface area contributed by atoms with Gasteiger partial charge < -0.3 is 19.9 Å². The van der Waals surface area contributed by atoms with Crippen LogP contribution in [0.3, 0.4) is 0 Å². The molecule has 2 fully saturated rings. The fourth-order valence-corrected chi connectivity index (χ4v) is 3.52. The van der Waals surface area contributed by atoms with Gasteiger partial charge in [-0.1, -0.05) is 11.6 Å². The first-order chi connectivity index (χ1) is 11.3. The van der Waals surface area contributed by atoms with Gasteiger partial charge >= 0.3 is 0 Å². The molecule has 5 nitrogen and oxygen atoms in total. The van der Waals surface area contributed by atoms with Crippen LogP contribution < -0.4 is 15.1 Å². The number of hydrogen-bond donors (Lipinski definition) is 1. The highest BCUT2D eigenvalue weighted by Gasteiger charge is 2.17. The van der Waals surface area contributed by atoms with Crippen molar-refractivity contribution in [3.05, 3.63) is 29.3 Å². The van der Waals surface area contributed by atoms with Crippen molar-refractivity contribution in [1.29, 1.82) is 0 Å². The molecular formula is C17H21ClN4O. The summed E-state index contributed by atoms with van der Waals surface area (Å²) in [5.74, 6) is 0.903. The summed E-state index contributed by atoms with van der Waals surface area (Å²) in [5, 5.41) is 5.19. The molecule has 23 heavy (non-hydrogen) atoms. The molecule has 1 N–H and O–H groups in total. The van der Waals surface area contributed by atoms with Gasteiger partial charge in [0.05, 0.1) is 23.8 Å². The first-order valence-electron chi connectivity index (χ1n) is 8.20. The van der Waals surface area contributed by atoms with Gasteiger partial charge in [-0.05, 0) is 24.3 Å². The molecule has 0 radical (unpaired) electrons. The number of morpholine rings is 1. The molecule has 0 spiro atoms. The Morgan fingerprint density at radius 3 is 2.57 bits per heavy atom. The third kappa shape index (κ3) is 3.09. The number of benzene rings is 1. The second kappa shape index (κ2) is 6.51. The van der Waals surface area contributed by atoms with Crippen molar-refractivity contribution in [2.45, 2.75) is 0 Å². The van der Waals surface area contributed by atoms with E-state index in [-0.39, 0.29) is 0 Å². The van der Waals surface area contributed by atoms with E-state index in [0.29, 0.717) is 0 Å². The number of hydrogen-bond acceptors (Lipinski definition) is 5. The van der Waals surface area contributed by atoms with Gasteiger partial charge in [-0.2, -0.15) is 0 Å². The van der Waals surface area contributed by atoms with Gasteiger partial charge in [0.25, 0.3) is 0 Å². The molecule has 2 aliphatic rings. The highest BCUT2D eigenvalue weighted by Crippen LogP contribution is 2.30. The summed E-state index contributed by atoms with van der Waals surface area (Å²) < 4.78 is 5.42. The van der Waals surface area contributed by atoms with Gasteiger partial charge in [-0.15, -0.1) is 0 Å². The van der Waals surface area contributed by atoms with Crippen molar-refractivity contribution in [2.24, 2.45) is 0 Å². The summed E-state index contributed by atoms with van der Waals surface area (Å²) in [4.78, 5) is 9.41. The first kappa shape index (κ1) is 15.0. The Bertz CT molecular complexity index is 696. The molecule has 0 atom stereocenters. The van der Waals surface area contributed by atoms with Crippen LogP contribution in [0.25, 0.3) is 10.9 Å². The van der Waals surface area contributed by atoms with Gasteiger partial charge in [-0.3, -0.25) is 0 Å². The smallest absolute Gasteiger partial charge is 0.148 e. The summed E-state index contributed by atoms with van der Waals surface area (Å²) in [6, 6.07) is 8.48. The topological polar surface area (TPSA) is 40.6 Å². The molecule has 6 heteroatoms. The number of halogens is 1. The SMILES string of the molecule is Clc1cc2cc(N3CCOCC3)ccc2nc1N1CCNCC1. The fourth-order valence-electron chi connectivity index (χ4n) is 3.24. The van der Waals surface area contributed by atoms with Crippen LogP contribution in [0, 0.1) is 0 Å². The highest BCUT2D eigenvalue weighted by atomic mass is 35.5. The van der Waals surface area contributed by atoms with Gasteiger partial charge in [-0.25, -0.2) is 4.98 Å². The van der Waals surface area contributed by atoms with Crippen molar-refractivity contribution >= 4 is 34.0 Å². The van der Waals surface area contributed by atoms with Crippen molar-refractivity contribution < 1.29 is 4.74 Å². The third-order valence-corrected chi connectivity index (χ3v) is 4.80. The highest BCUT2D eigenvalue weighted by molar-refractivity contribution is 6.33. The summed E-state index contributed by atoms with van der Waals surface area (Å²) in [5.41, 5.74) is 2.22. The lowest BCUT2D eigenvalue weighted by atomic mass is 10.1. The predicted molar refractivity (Wildman–Crippen MR) is 94.9 cm³/mol. The minimum Gasteiger partial charge on any atom is -0.378 e. The lowest BCUT2D eigenvalue weighted by Crippen LogP contribution is -2.44. The molecule has 1 aromatic carbocycles. The largest absolute Gasteiger partial charge is 0.378 e. The van der Waals surface area contributed by atoms with E-state index in [9.17, 15) is 0 Å². The number of piperazine rings is 1. The molecule has 0 saturated carbocycles. The average Bonchev–Trinajstić information content (AvgIpc) is 2.62. The lowest BCUT2D eigenvalue weighted by molar-refractivity contribution is 0.122. The molecule has 122 valence electrons. The zero-order chi connectivity index (χ0) is 15.6. The van der Waals surface area contributed by atoms with E-state index in [0.717, 1.165) is 74.2 Å². The molecule has 4 rings (SSSR count). The molecule has 0 aliphatic carbocycles. The van der Waals surface area contributed by atoms with E-state index in [1.54, 1.807) is 0 Å². The zero-order valence-electron chi connectivity index (χ0n) is 13.1. The van der Waals surface area contributed by atoms with E-state index < -0.39 is 0 Å². The lowest BCUT2D eigenvalue weighted by Gasteiger charge is -2.30. The number of nitrogens with zero attached hydrogens (tertiary/aromatic N) is 3. The Hall–Kier alpha value is -1.56. The maximum atomic E-state index is 6.52. The minimum absolute atomic E-state index is 0.735. The number of aromatic nitrogens is 1. The third-order valence-electron chi connectivity index (χ3n) is 4.53. The first-order valence-corrected chi connectivity index (χ1v) is 8.58. The Labute approximate surface area is 141 Å². The van der Waals surface area contributed by atoms with E-state index in [2.05, 4.69) is 33.3 Å². The normalized spacial score (nSPS) is 19.3. The molecular weight excluding hydrogens is 312 g/mol. The second-order valence-corrected chi connectivity index (χ2v) is 6.41. The maximum absolute atomic E-state index is 6.52. The van der Waals surface area contributed by atoms with Crippen LogP contribution in [0.2, 0.25) is 5.02 Å². The minimum atomic E-state index is 0.735. The Morgan fingerprint density at radius 2 is 1.78 bits per heavy atom. The molecule has 0 unspecified atom stereocenters. The van der Waals surface area contributed by atoms with Gasteiger partial charge in [0, 0.05) is 50.3 Å². The standard InChI is InChI=1S/C17H21ClN4O/c18-15-12-13-11-14(21-7-9-23-10-8-21)1-2-16(13)20-17(15)22-5-3-19-4-6-22/h1-2,11-12,19H,3-10H2. The number of nitrogens with one attached hydrogen (secondary N) is 1. The monoisotopic (exact) mass is 332 g/mol. The zero-order valence-corrected chi connectivity index (χ0v) is 13.9. The molecule has 0 amide bonds. The number of anilines is 2. The predicted octanol–water partition coefficient (Wildman–Crippen LogP) is 2.13. The van der Waals surface area contributed by atoms with E-state index in [1.165, 1.54) is 5.69 Å². The number of ether oxygens (including phenoxy) is 1. The van der Waals surface area contributed by atoms with Crippen LogP contribution in [0.4, 0.5) is 11.5 Å². The van der Waals surface area contributed by atoms with Crippen LogP contribution in [-0.2, 0) is 4.74 Å². The Morgan fingerprint density at radius 1 is 1.00 bits per heavy atom. The molecule has 2 aliphatic heterocycles. The molecule has 0 bridgehead atoms. The summed E-state index contributed by atoms with van der Waals surface area (Å²) in [7, 11) is 0. The van der Waals surface area contributed by atoms with Crippen LogP contribution in [0.15, 0.2) is 24.3 Å². The van der Waals surface area contributed by atoms with Crippen molar-refractivity contribution in [1.82, 2.24) is 10.3 Å². The fraction of sp³-hybridized carbons (Fsp3) is 0.471. The Balaban J connectivity index is 1.66. The van der Waals surface area contributed by atoms with E-state index in [4.69, 9.17) is 21.3 Å². The van der Waals surface area contributed by atoms with Gasteiger partial charge in [0.1, 0.15) is 5.82 Å². The molecule has 3 heterocycles. The van der Waals surface area contributed by atoms with Crippen LogP contribution in [0.5, 0.6) is 0 Å². The van der Waals surface area contributed by atoms with Crippen molar-refractivity contribution in [3.63, 3.8) is 0 Å². The number of fused-ring (bicyclic) bond motifs is 1. The van der Waals surface area contributed by atoms with Crippen LogP contribution in [-0.4, -0.2) is 57.5 Å². The summed E-state index contributed by atoms with van der Waals surface area (Å²) in [6.07, 6.45) is 0. The molecule has 2 saturated heterocycles. The van der Waals surface area contributed by atoms with Gasteiger partial charge in [0.15, 0.2) is 0 Å². The summed E-state index contributed by atoms with van der Waals surface area (Å²) in [6.45, 7) is 7.31. The summed E-state index contributed by atoms with van der Waals surface area (Å²) >= 11 is 6.52. The van der Waals surface area contributed by atoms with E-state index in [1.807, 2.05) is 6.07 Å². The van der Waals surface area contributed by atoms with Crippen LogP contribution in [0.1, 0.15) is 0 Å². The second-order valence-electron chi connectivity index (χ2n) is 6.01.